The monoisotopic (exact) mass is 694 g/mol. The minimum atomic E-state index is -3.47. The van der Waals surface area contributed by atoms with Crippen molar-refractivity contribution in [2.45, 2.75) is 81.9 Å². The number of nitrogens with zero attached hydrogens (tertiary/aromatic N) is 4. The Bertz CT molecular complexity index is 1770. The summed E-state index contributed by atoms with van der Waals surface area (Å²) in [5.41, 5.74) is 4.11. The smallest absolute Gasteiger partial charge is 0.410 e. The van der Waals surface area contributed by atoms with Gasteiger partial charge in [0.25, 0.3) is 0 Å². The van der Waals surface area contributed by atoms with Gasteiger partial charge >= 0.3 is 6.09 Å². The Morgan fingerprint density at radius 1 is 1.06 bits per heavy atom. The number of pyridine rings is 1. The SMILES string of the molecule is CCOc1ccccc1-c1ccc2c(n1)CN(C[C@H]1CCCN1C(=O)OC(C)(C)C)CC21CCN(c2ccc(Cl)cc2S(C)(=O)=O)CC1. The number of benzene rings is 2. The van der Waals surface area contributed by atoms with Gasteiger partial charge in [-0.2, -0.15) is 0 Å². The molecule has 1 aromatic heterocycles. The first-order valence-electron chi connectivity index (χ1n) is 17.0. The molecule has 2 fully saturated rings. The first-order chi connectivity index (χ1) is 22.8. The first-order valence-corrected chi connectivity index (χ1v) is 19.2. The van der Waals surface area contributed by atoms with E-state index in [1.807, 2.05) is 56.9 Å². The van der Waals surface area contributed by atoms with Gasteiger partial charge in [-0.1, -0.05) is 29.8 Å². The van der Waals surface area contributed by atoms with Crippen molar-refractivity contribution in [1.82, 2.24) is 14.8 Å². The zero-order valence-electron chi connectivity index (χ0n) is 28.7. The highest BCUT2D eigenvalue weighted by atomic mass is 35.5. The average molecular weight is 695 g/mol. The third kappa shape index (κ3) is 7.31. The van der Waals surface area contributed by atoms with Gasteiger partial charge in [-0.15, -0.1) is 0 Å². The van der Waals surface area contributed by atoms with Crippen molar-refractivity contribution in [2.24, 2.45) is 0 Å². The van der Waals surface area contributed by atoms with Gasteiger partial charge in [0.2, 0.25) is 0 Å². The molecule has 1 atom stereocenters. The van der Waals surface area contributed by atoms with Crippen molar-refractivity contribution in [1.29, 1.82) is 0 Å². The van der Waals surface area contributed by atoms with Crippen molar-refractivity contribution in [3.05, 3.63) is 70.9 Å². The number of carbonyl (C=O) groups is 1. The highest BCUT2D eigenvalue weighted by molar-refractivity contribution is 7.90. The van der Waals surface area contributed by atoms with Crippen LogP contribution in [0.5, 0.6) is 5.75 Å². The standard InChI is InChI=1S/C37H47ClN4O5S/c1-6-46-33-12-8-7-11-28(33)30-15-14-29-31(39-30)24-40(23-27-10-9-19-42(27)35(43)47-36(2,3)4)25-37(29)17-20-41(21-18-37)32-16-13-26(38)22-34(32)48(5,44)45/h7-8,11-16,22,27H,6,9-10,17-21,23-25H2,1-5H3/t27-/m1/s1. The second kappa shape index (κ2) is 13.5. The molecule has 0 saturated carbocycles. The zero-order chi connectivity index (χ0) is 34.3. The number of halogens is 1. The summed E-state index contributed by atoms with van der Waals surface area (Å²) in [4.78, 5) is 25.3. The molecule has 3 aliphatic rings. The number of ether oxygens (including phenoxy) is 2. The van der Waals surface area contributed by atoms with E-state index in [2.05, 4.69) is 28.0 Å². The lowest BCUT2D eigenvalue weighted by molar-refractivity contribution is 0.0176. The average Bonchev–Trinajstić information content (AvgIpc) is 3.49. The fraction of sp³-hybridized carbons (Fsp3) is 0.514. The zero-order valence-corrected chi connectivity index (χ0v) is 30.2. The minimum Gasteiger partial charge on any atom is -0.493 e. The van der Waals surface area contributed by atoms with E-state index >= 15 is 0 Å². The molecule has 0 aliphatic carbocycles. The molecule has 3 aliphatic heterocycles. The number of fused-ring (bicyclic) bond motifs is 2. The quantitative estimate of drug-likeness (QED) is 0.262. The van der Waals surface area contributed by atoms with Gasteiger partial charge in [0.05, 0.1) is 28.6 Å². The van der Waals surface area contributed by atoms with Gasteiger partial charge < -0.3 is 19.3 Å². The number of aromatic nitrogens is 1. The number of amides is 1. The molecule has 2 aromatic carbocycles. The number of sulfone groups is 1. The highest BCUT2D eigenvalue weighted by Crippen LogP contribution is 2.44. The molecule has 2 saturated heterocycles. The number of piperidine rings is 1. The summed E-state index contributed by atoms with van der Waals surface area (Å²) in [7, 11) is -3.47. The minimum absolute atomic E-state index is 0.0618. The summed E-state index contributed by atoms with van der Waals surface area (Å²) < 4.78 is 37.2. The van der Waals surface area contributed by atoms with E-state index in [0.717, 1.165) is 61.5 Å². The Morgan fingerprint density at radius 3 is 2.52 bits per heavy atom. The van der Waals surface area contributed by atoms with Crippen molar-refractivity contribution in [2.75, 3.05) is 50.5 Å². The molecule has 11 heteroatoms. The van der Waals surface area contributed by atoms with Crippen LogP contribution in [0.25, 0.3) is 11.3 Å². The lowest BCUT2D eigenvalue weighted by atomic mass is 9.69. The van der Waals surface area contributed by atoms with Gasteiger partial charge in [0.1, 0.15) is 11.4 Å². The van der Waals surface area contributed by atoms with E-state index in [1.54, 1.807) is 12.1 Å². The number of para-hydroxylation sites is 1. The van der Waals surface area contributed by atoms with Crippen molar-refractivity contribution in [3.8, 4) is 17.0 Å². The molecule has 258 valence electrons. The van der Waals surface area contributed by atoms with E-state index in [4.69, 9.17) is 26.1 Å². The maximum Gasteiger partial charge on any atom is 0.410 e. The van der Waals surface area contributed by atoms with Crippen LogP contribution < -0.4 is 9.64 Å². The first kappa shape index (κ1) is 34.5. The topological polar surface area (TPSA) is 92.3 Å². The fourth-order valence-corrected chi connectivity index (χ4v) is 8.81. The molecule has 1 amide bonds. The van der Waals surface area contributed by atoms with E-state index in [1.165, 1.54) is 11.8 Å². The molecule has 4 heterocycles. The lowest BCUT2D eigenvalue weighted by Crippen LogP contribution is -2.54. The van der Waals surface area contributed by atoms with Gasteiger partial charge in [0.15, 0.2) is 9.84 Å². The van der Waals surface area contributed by atoms with Crippen LogP contribution in [0.15, 0.2) is 59.5 Å². The van der Waals surface area contributed by atoms with E-state index < -0.39 is 15.4 Å². The van der Waals surface area contributed by atoms with Crippen LogP contribution in [0, 0.1) is 0 Å². The molecular formula is C37H47ClN4O5S. The molecular weight excluding hydrogens is 648 g/mol. The van der Waals surface area contributed by atoms with E-state index in [9.17, 15) is 13.2 Å². The lowest BCUT2D eigenvalue weighted by Gasteiger charge is -2.49. The Hall–Kier alpha value is -3.34. The van der Waals surface area contributed by atoms with Crippen LogP contribution in [0.1, 0.15) is 64.6 Å². The van der Waals surface area contributed by atoms with Gasteiger partial charge in [-0.3, -0.25) is 9.88 Å². The molecule has 48 heavy (non-hydrogen) atoms. The van der Waals surface area contributed by atoms with Crippen molar-refractivity contribution < 1.29 is 22.7 Å². The molecule has 1 spiro atoms. The van der Waals surface area contributed by atoms with Crippen LogP contribution in [0.2, 0.25) is 5.02 Å². The number of hydrogen-bond acceptors (Lipinski definition) is 8. The highest BCUT2D eigenvalue weighted by Gasteiger charge is 2.44. The summed E-state index contributed by atoms with van der Waals surface area (Å²) in [6.45, 7) is 12.6. The molecule has 0 unspecified atom stereocenters. The number of rotatable bonds is 7. The van der Waals surface area contributed by atoms with E-state index in [-0.39, 0.29) is 22.4 Å². The Kier molecular flexibility index (Phi) is 9.72. The summed E-state index contributed by atoms with van der Waals surface area (Å²) >= 11 is 6.23. The number of hydrogen-bond donors (Lipinski definition) is 0. The molecule has 6 rings (SSSR count). The molecule has 9 nitrogen and oxygen atoms in total. The molecule has 0 N–H and O–H groups in total. The summed E-state index contributed by atoms with van der Waals surface area (Å²) in [5.74, 6) is 0.812. The maximum absolute atomic E-state index is 13.2. The van der Waals surface area contributed by atoms with E-state index in [0.29, 0.717) is 43.5 Å². The normalized spacial score (nSPS) is 19.8. The number of carbonyl (C=O) groups excluding carboxylic acids is 1. The Balaban J connectivity index is 1.32. The number of anilines is 1. The largest absolute Gasteiger partial charge is 0.493 e. The van der Waals surface area contributed by atoms with Crippen LogP contribution in [-0.4, -0.2) is 86.5 Å². The fourth-order valence-electron chi connectivity index (χ4n) is 7.66. The molecule has 3 aromatic rings. The maximum atomic E-state index is 13.2. The third-order valence-electron chi connectivity index (χ3n) is 9.76. The Morgan fingerprint density at radius 2 is 1.81 bits per heavy atom. The summed E-state index contributed by atoms with van der Waals surface area (Å²) in [5, 5.41) is 0.407. The Labute approximate surface area is 290 Å². The van der Waals surface area contributed by atoms with Gasteiger partial charge in [-0.05, 0) is 95.3 Å². The predicted molar refractivity (Wildman–Crippen MR) is 190 cm³/mol. The van der Waals surface area contributed by atoms with Crippen LogP contribution in [0.4, 0.5) is 10.5 Å². The van der Waals surface area contributed by atoms with Crippen LogP contribution in [-0.2, 0) is 26.5 Å². The third-order valence-corrected chi connectivity index (χ3v) is 11.1. The molecule has 0 bridgehead atoms. The van der Waals surface area contributed by atoms with Crippen LogP contribution >= 0.6 is 11.6 Å². The van der Waals surface area contributed by atoms with Crippen molar-refractivity contribution in [3.63, 3.8) is 0 Å². The second-order valence-electron chi connectivity index (χ2n) is 14.4. The van der Waals surface area contributed by atoms with Gasteiger partial charge in [0, 0.05) is 67.6 Å². The summed E-state index contributed by atoms with van der Waals surface area (Å²) in [6.07, 6.45) is 4.54. The van der Waals surface area contributed by atoms with Crippen LogP contribution in [0.3, 0.4) is 0 Å². The second-order valence-corrected chi connectivity index (χ2v) is 16.8. The number of likely N-dealkylation sites (tertiary alicyclic amines) is 1. The summed E-state index contributed by atoms with van der Waals surface area (Å²) in [6, 6.07) is 17.6. The van der Waals surface area contributed by atoms with Crippen molar-refractivity contribution >= 4 is 33.2 Å². The predicted octanol–water partition coefficient (Wildman–Crippen LogP) is 6.96. The molecule has 0 radical (unpaired) electrons. The van der Waals surface area contributed by atoms with Gasteiger partial charge in [-0.25, -0.2) is 13.2 Å².